The minimum atomic E-state index is -3.72. The SMILES string of the molecule is CCCCOP(=O)(OCCCC)[C@H](Nc1ccc(C(=O)O)cc1)c1ccccc1O. The molecule has 8 heteroatoms. The highest BCUT2D eigenvalue weighted by Crippen LogP contribution is 2.62. The molecule has 0 aliphatic heterocycles. The fourth-order valence-electron chi connectivity index (χ4n) is 2.77. The van der Waals surface area contributed by atoms with E-state index in [1.54, 1.807) is 30.3 Å². The zero-order valence-corrected chi connectivity index (χ0v) is 18.3. The van der Waals surface area contributed by atoms with Crippen molar-refractivity contribution in [3.8, 4) is 5.75 Å². The van der Waals surface area contributed by atoms with Crippen molar-refractivity contribution in [2.75, 3.05) is 18.5 Å². The van der Waals surface area contributed by atoms with Crippen molar-refractivity contribution in [1.29, 1.82) is 0 Å². The number of carbonyl (C=O) groups is 1. The third-order valence-corrected chi connectivity index (χ3v) is 6.65. The number of carboxylic acids is 1. The number of anilines is 1. The van der Waals surface area contributed by atoms with Gasteiger partial charge in [0.15, 0.2) is 5.78 Å². The van der Waals surface area contributed by atoms with E-state index in [4.69, 9.17) is 14.2 Å². The summed E-state index contributed by atoms with van der Waals surface area (Å²) < 4.78 is 25.5. The lowest BCUT2D eigenvalue weighted by molar-refractivity contribution is 0.0697. The number of carboxylic acid groups (broad SMARTS) is 1. The molecule has 0 unspecified atom stereocenters. The predicted molar refractivity (Wildman–Crippen MR) is 117 cm³/mol. The molecule has 0 radical (unpaired) electrons. The van der Waals surface area contributed by atoms with Crippen LogP contribution in [0.3, 0.4) is 0 Å². The smallest absolute Gasteiger partial charge is 0.357 e. The van der Waals surface area contributed by atoms with E-state index in [0.29, 0.717) is 11.3 Å². The Morgan fingerprint density at radius 3 is 2.07 bits per heavy atom. The first-order valence-electron chi connectivity index (χ1n) is 10.2. The van der Waals surface area contributed by atoms with Crippen LogP contribution in [-0.2, 0) is 13.6 Å². The van der Waals surface area contributed by atoms with Crippen molar-refractivity contribution in [2.45, 2.75) is 45.3 Å². The Labute approximate surface area is 177 Å². The van der Waals surface area contributed by atoms with Gasteiger partial charge in [0.25, 0.3) is 0 Å². The molecule has 3 N–H and O–H groups in total. The lowest BCUT2D eigenvalue weighted by atomic mass is 10.1. The normalized spacial score (nSPS) is 12.5. The maximum Gasteiger partial charge on any atom is 0.357 e. The van der Waals surface area contributed by atoms with Crippen LogP contribution in [0.4, 0.5) is 5.69 Å². The fraction of sp³-hybridized carbons (Fsp3) is 0.409. The van der Waals surface area contributed by atoms with Crippen LogP contribution >= 0.6 is 7.60 Å². The van der Waals surface area contributed by atoms with Crippen molar-refractivity contribution < 1.29 is 28.6 Å². The highest BCUT2D eigenvalue weighted by molar-refractivity contribution is 7.54. The minimum absolute atomic E-state index is 0.0319. The van der Waals surface area contributed by atoms with Crippen molar-refractivity contribution >= 4 is 19.3 Å². The summed E-state index contributed by atoms with van der Waals surface area (Å²) in [5.41, 5.74) is 1.06. The van der Waals surface area contributed by atoms with E-state index in [9.17, 15) is 14.5 Å². The van der Waals surface area contributed by atoms with E-state index in [1.807, 2.05) is 13.8 Å². The van der Waals surface area contributed by atoms with Crippen molar-refractivity contribution in [2.24, 2.45) is 0 Å². The molecule has 1 atom stereocenters. The number of rotatable bonds is 13. The van der Waals surface area contributed by atoms with Gasteiger partial charge in [0, 0.05) is 11.3 Å². The van der Waals surface area contributed by atoms with Gasteiger partial charge in [-0.1, -0.05) is 44.9 Å². The number of phenols is 1. The van der Waals surface area contributed by atoms with Crippen LogP contribution in [0.15, 0.2) is 48.5 Å². The van der Waals surface area contributed by atoms with Crippen molar-refractivity contribution in [3.63, 3.8) is 0 Å². The van der Waals surface area contributed by atoms with E-state index in [-0.39, 0.29) is 24.5 Å². The summed E-state index contributed by atoms with van der Waals surface area (Å²) in [6.07, 6.45) is 3.20. The van der Waals surface area contributed by atoms with Gasteiger partial charge in [0.2, 0.25) is 0 Å². The summed E-state index contributed by atoms with van der Waals surface area (Å²) in [5, 5.41) is 22.7. The number of hydrogen-bond acceptors (Lipinski definition) is 6. The molecule has 0 fully saturated rings. The van der Waals surface area contributed by atoms with Gasteiger partial charge < -0.3 is 24.6 Å². The van der Waals surface area contributed by atoms with Gasteiger partial charge in [-0.25, -0.2) is 4.79 Å². The molecule has 164 valence electrons. The van der Waals surface area contributed by atoms with Gasteiger partial charge in [-0.2, -0.15) is 0 Å². The first-order chi connectivity index (χ1) is 14.4. The van der Waals surface area contributed by atoms with Gasteiger partial charge >= 0.3 is 13.6 Å². The Balaban J connectivity index is 2.41. The van der Waals surface area contributed by atoms with Crippen LogP contribution in [0.1, 0.15) is 61.2 Å². The van der Waals surface area contributed by atoms with Crippen LogP contribution in [0.5, 0.6) is 5.75 Å². The second-order valence-corrected chi connectivity index (χ2v) is 9.01. The number of aromatic hydroxyl groups is 1. The molecule has 30 heavy (non-hydrogen) atoms. The second-order valence-electron chi connectivity index (χ2n) is 6.90. The highest BCUT2D eigenvalue weighted by Gasteiger charge is 2.39. The molecule has 2 aromatic carbocycles. The Morgan fingerprint density at radius 1 is 1.00 bits per heavy atom. The number of benzene rings is 2. The maximum atomic E-state index is 13.9. The molecular formula is C22H30NO6P. The van der Waals surface area contributed by atoms with Gasteiger partial charge in [-0.3, -0.25) is 4.57 Å². The fourth-order valence-corrected chi connectivity index (χ4v) is 4.78. The molecule has 0 aliphatic carbocycles. The molecule has 0 saturated heterocycles. The molecule has 2 rings (SSSR count). The van der Waals surface area contributed by atoms with E-state index >= 15 is 0 Å². The molecule has 2 aromatic rings. The topological polar surface area (TPSA) is 105 Å². The number of aromatic carboxylic acids is 1. The van der Waals surface area contributed by atoms with E-state index < -0.39 is 19.3 Å². The standard InChI is InChI=1S/C22H30NO6P/c1-3-5-15-28-30(27,29-16-6-4-2)21(19-9-7-8-10-20(19)24)23-18-13-11-17(12-14-18)22(25)26/h7-14,21,23-24H,3-6,15-16H2,1-2H3,(H,25,26)/t21-/m0/s1. The van der Waals surface area contributed by atoms with Gasteiger partial charge in [-0.15, -0.1) is 0 Å². The van der Waals surface area contributed by atoms with Gasteiger partial charge in [-0.05, 0) is 43.2 Å². The summed E-state index contributed by atoms with van der Waals surface area (Å²) in [6.45, 7) is 4.55. The minimum Gasteiger partial charge on any atom is -0.508 e. The zero-order valence-electron chi connectivity index (χ0n) is 17.4. The van der Waals surface area contributed by atoms with E-state index in [0.717, 1.165) is 25.7 Å². The molecule has 0 aromatic heterocycles. The summed E-state index contributed by atoms with van der Waals surface area (Å²) >= 11 is 0. The first kappa shape index (κ1) is 23.9. The molecule has 0 amide bonds. The molecular weight excluding hydrogens is 405 g/mol. The molecule has 0 bridgehead atoms. The van der Waals surface area contributed by atoms with Crippen LogP contribution < -0.4 is 5.32 Å². The molecule has 7 nitrogen and oxygen atoms in total. The predicted octanol–water partition coefficient (Wildman–Crippen LogP) is 6.03. The first-order valence-corrected chi connectivity index (χ1v) is 11.8. The second kappa shape index (κ2) is 11.7. The summed E-state index contributed by atoms with van der Waals surface area (Å²) in [5.74, 6) is -2.02. The van der Waals surface area contributed by atoms with Gasteiger partial charge in [0.1, 0.15) is 5.75 Å². The Morgan fingerprint density at radius 2 is 1.57 bits per heavy atom. The quantitative estimate of drug-likeness (QED) is 0.261. The Bertz CT molecular complexity index is 841. The maximum absolute atomic E-state index is 13.9. The monoisotopic (exact) mass is 435 g/mol. The van der Waals surface area contributed by atoms with Crippen LogP contribution in [0.25, 0.3) is 0 Å². The number of nitrogens with one attached hydrogen (secondary N) is 1. The lowest BCUT2D eigenvalue weighted by Gasteiger charge is -2.29. The van der Waals surface area contributed by atoms with Crippen molar-refractivity contribution in [3.05, 3.63) is 59.7 Å². The zero-order chi connectivity index (χ0) is 22.0. The Kier molecular flexibility index (Phi) is 9.37. The molecule has 0 heterocycles. The average molecular weight is 435 g/mol. The Hall–Kier alpha value is -2.34. The molecule has 0 spiro atoms. The van der Waals surface area contributed by atoms with E-state index in [2.05, 4.69) is 5.32 Å². The van der Waals surface area contributed by atoms with Crippen molar-refractivity contribution in [1.82, 2.24) is 0 Å². The summed E-state index contributed by atoms with van der Waals surface area (Å²) in [4.78, 5) is 11.1. The summed E-state index contributed by atoms with van der Waals surface area (Å²) in [6, 6.07) is 12.7. The lowest BCUT2D eigenvalue weighted by Crippen LogP contribution is -2.16. The number of hydrogen-bond donors (Lipinski definition) is 3. The van der Waals surface area contributed by atoms with E-state index in [1.165, 1.54) is 18.2 Å². The number of phenolic OH excluding ortho intramolecular Hbond substituents is 1. The van der Waals surface area contributed by atoms with Crippen LogP contribution in [0.2, 0.25) is 0 Å². The summed E-state index contributed by atoms with van der Waals surface area (Å²) in [7, 11) is -3.72. The molecule has 0 saturated carbocycles. The average Bonchev–Trinajstić information content (AvgIpc) is 2.73. The number of para-hydroxylation sites is 1. The molecule has 0 aliphatic rings. The highest BCUT2D eigenvalue weighted by atomic mass is 31.2. The third kappa shape index (κ3) is 6.59. The largest absolute Gasteiger partial charge is 0.508 e. The number of unbranched alkanes of at least 4 members (excludes halogenated alkanes) is 2. The third-order valence-electron chi connectivity index (χ3n) is 4.52. The van der Waals surface area contributed by atoms with Gasteiger partial charge in [0.05, 0.1) is 18.8 Å². The van der Waals surface area contributed by atoms with Crippen LogP contribution in [-0.4, -0.2) is 29.4 Å². The van der Waals surface area contributed by atoms with Crippen LogP contribution in [0, 0.1) is 0 Å².